The lowest BCUT2D eigenvalue weighted by atomic mass is 10.1. The Hall–Kier alpha value is -1.97. The average Bonchev–Trinajstić information content (AvgIpc) is 2.72. The van der Waals surface area contributed by atoms with E-state index in [1.807, 2.05) is 12.1 Å². The van der Waals surface area contributed by atoms with Gasteiger partial charge in [0, 0.05) is 31.2 Å². The van der Waals surface area contributed by atoms with E-state index in [2.05, 4.69) is 15.0 Å². The van der Waals surface area contributed by atoms with Crippen molar-refractivity contribution in [2.75, 3.05) is 0 Å². The fourth-order valence-electron chi connectivity index (χ4n) is 1.19. The molecule has 0 unspecified atom stereocenters. The number of hydrogen-bond donors (Lipinski definition) is 1. The highest BCUT2D eigenvalue weighted by Gasteiger charge is 2.08. The number of aromatic nitrogens is 3. The minimum atomic E-state index is -0.0250. The smallest absolute Gasteiger partial charge is 0.202 e. The second-order valence-electron chi connectivity index (χ2n) is 2.90. The molecule has 0 radical (unpaired) electrons. The lowest BCUT2D eigenvalue weighted by Gasteiger charge is -1.96. The van der Waals surface area contributed by atoms with Gasteiger partial charge in [0.05, 0.1) is 0 Å². The van der Waals surface area contributed by atoms with Gasteiger partial charge in [-0.05, 0) is 11.6 Å². The van der Waals surface area contributed by atoms with E-state index < -0.39 is 0 Å². The van der Waals surface area contributed by atoms with Crippen LogP contribution in [0.4, 0.5) is 0 Å². The fourth-order valence-corrected chi connectivity index (χ4v) is 1.19. The molecule has 70 valence electrons. The maximum atomic E-state index is 11.6. The van der Waals surface area contributed by atoms with Gasteiger partial charge in [-0.3, -0.25) is 9.78 Å². The number of nitrogens with one attached hydrogen (secondary N) is 1. The lowest BCUT2D eigenvalue weighted by molar-refractivity contribution is 0.0984. The molecular formula is C10H9N3O. The number of carbonyl (C=O) groups is 1. The number of rotatable bonds is 3. The number of hydrogen-bond acceptors (Lipinski definition) is 3. The van der Waals surface area contributed by atoms with E-state index in [0.717, 1.165) is 5.56 Å². The number of nitrogens with zero attached hydrogens (tertiary/aromatic N) is 2. The number of ketones is 1. The van der Waals surface area contributed by atoms with Gasteiger partial charge < -0.3 is 4.98 Å². The standard InChI is InChI=1S/C10H9N3O/c14-9(10-12-4-5-13-10)6-8-2-1-3-11-7-8/h1-5,7H,6H2,(H,12,13). The molecule has 4 nitrogen and oxygen atoms in total. The number of carbonyl (C=O) groups excluding carboxylic acids is 1. The first-order valence-electron chi connectivity index (χ1n) is 4.28. The van der Waals surface area contributed by atoms with Crippen molar-refractivity contribution >= 4 is 5.78 Å². The predicted octanol–water partition coefficient (Wildman–Crippen LogP) is 1.23. The van der Waals surface area contributed by atoms with Gasteiger partial charge in [-0.15, -0.1) is 0 Å². The summed E-state index contributed by atoms with van der Waals surface area (Å²) in [7, 11) is 0. The Balaban J connectivity index is 2.10. The summed E-state index contributed by atoms with van der Waals surface area (Å²) in [5.41, 5.74) is 0.897. The van der Waals surface area contributed by atoms with Crippen LogP contribution in [0.15, 0.2) is 36.9 Å². The van der Waals surface area contributed by atoms with Crippen molar-refractivity contribution < 1.29 is 4.79 Å². The summed E-state index contributed by atoms with van der Waals surface area (Å²) in [5.74, 6) is 0.372. The van der Waals surface area contributed by atoms with Gasteiger partial charge in [-0.2, -0.15) is 0 Å². The molecule has 4 heteroatoms. The van der Waals surface area contributed by atoms with Crippen LogP contribution in [-0.4, -0.2) is 20.7 Å². The van der Waals surface area contributed by atoms with Crippen LogP contribution in [0.1, 0.15) is 16.2 Å². The Morgan fingerprint density at radius 3 is 3.00 bits per heavy atom. The van der Waals surface area contributed by atoms with Gasteiger partial charge in [0.15, 0.2) is 5.82 Å². The molecule has 0 aliphatic rings. The molecule has 14 heavy (non-hydrogen) atoms. The van der Waals surface area contributed by atoms with Gasteiger partial charge in [-0.25, -0.2) is 4.98 Å². The number of pyridine rings is 1. The molecule has 0 fully saturated rings. The third kappa shape index (κ3) is 1.85. The van der Waals surface area contributed by atoms with Gasteiger partial charge in [0.25, 0.3) is 0 Å². The second-order valence-corrected chi connectivity index (χ2v) is 2.90. The zero-order chi connectivity index (χ0) is 9.80. The molecule has 2 aromatic rings. The van der Waals surface area contributed by atoms with Gasteiger partial charge in [0.2, 0.25) is 5.78 Å². The molecule has 2 rings (SSSR count). The topological polar surface area (TPSA) is 58.6 Å². The van der Waals surface area contributed by atoms with Crippen LogP contribution in [0.3, 0.4) is 0 Å². The molecule has 0 amide bonds. The van der Waals surface area contributed by atoms with Crippen molar-refractivity contribution in [1.29, 1.82) is 0 Å². The Kier molecular flexibility index (Phi) is 2.36. The molecule has 2 heterocycles. The molecule has 2 aromatic heterocycles. The van der Waals surface area contributed by atoms with E-state index in [1.54, 1.807) is 24.8 Å². The summed E-state index contributed by atoms with van der Waals surface area (Å²) in [6.45, 7) is 0. The first kappa shape index (κ1) is 8.62. The summed E-state index contributed by atoms with van der Waals surface area (Å²) in [5, 5.41) is 0. The number of H-pyrrole nitrogens is 1. The summed E-state index contributed by atoms with van der Waals surface area (Å²) in [6, 6.07) is 3.68. The van der Waals surface area contributed by atoms with Crippen molar-refractivity contribution in [1.82, 2.24) is 15.0 Å². The van der Waals surface area contributed by atoms with Crippen LogP contribution in [0.2, 0.25) is 0 Å². The van der Waals surface area contributed by atoms with Crippen molar-refractivity contribution in [3.8, 4) is 0 Å². The maximum Gasteiger partial charge on any atom is 0.202 e. The minimum absolute atomic E-state index is 0.0250. The van der Waals surface area contributed by atoms with E-state index in [9.17, 15) is 4.79 Å². The SMILES string of the molecule is O=C(Cc1cccnc1)c1ncc[nH]1. The molecule has 0 aromatic carbocycles. The monoisotopic (exact) mass is 187 g/mol. The Bertz CT molecular complexity index is 408. The van der Waals surface area contributed by atoms with E-state index in [0.29, 0.717) is 12.2 Å². The number of aromatic amines is 1. The zero-order valence-electron chi connectivity index (χ0n) is 7.47. The maximum absolute atomic E-state index is 11.6. The molecular weight excluding hydrogens is 178 g/mol. The van der Waals surface area contributed by atoms with Crippen molar-refractivity contribution in [2.24, 2.45) is 0 Å². The van der Waals surface area contributed by atoms with Crippen LogP contribution in [0.5, 0.6) is 0 Å². The van der Waals surface area contributed by atoms with E-state index in [4.69, 9.17) is 0 Å². The summed E-state index contributed by atoms with van der Waals surface area (Å²) in [6.07, 6.45) is 6.90. The van der Waals surface area contributed by atoms with Crippen LogP contribution < -0.4 is 0 Å². The van der Waals surface area contributed by atoms with Crippen molar-refractivity contribution in [2.45, 2.75) is 6.42 Å². The molecule has 0 atom stereocenters. The Morgan fingerprint density at radius 2 is 2.36 bits per heavy atom. The predicted molar refractivity (Wildman–Crippen MR) is 50.9 cm³/mol. The average molecular weight is 187 g/mol. The first-order valence-corrected chi connectivity index (χ1v) is 4.28. The van der Waals surface area contributed by atoms with Crippen LogP contribution in [-0.2, 0) is 6.42 Å². The van der Waals surface area contributed by atoms with E-state index in [-0.39, 0.29) is 5.78 Å². The normalized spacial score (nSPS) is 10.0. The third-order valence-corrected chi connectivity index (χ3v) is 1.85. The summed E-state index contributed by atoms with van der Waals surface area (Å²) >= 11 is 0. The third-order valence-electron chi connectivity index (χ3n) is 1.85. The zero-order valence-corrected chi connectivity index (χ0v) is 7.47. The summed E-state index contributed by atoms with van der Waals surface area (Å²) in [4.78, 5) is 22.2. The molecule has 0 aliphatic heterocycles. The number of imidazole rings is 1. The minimum Gasteiger partial charge on any atom is -0.342 e. The number of Topliss-reactive ketones (excluding diaryl/α,β-unsaturated/α-hetero) is 1. The lowest BCUT2D eigenvalue weighted by Crippen LogP contribution is -2.05. The second kappa shape index (κ2) is 3.83. The van der Waals surface area contributed by atoms with Crippen molar-refractivity contribution in [3.05, 3.63) is 48.3 Å². The van der Waals surface area contributed by atoms with Crippen LogP contribution in [0.25, 0.3) is 0 Å². The van der Waals surface area contributed by atoms with Gasteiger partial charge in [-0.1, -0.05) is 6.07 Å². The Labute approximate surface area is 81.0 Å². The molecule has 0 saturated heterocycles. The Morgan fingerprint density at radius 1 is 1.43 bits per heavy atom. The highest BCUT2D eigenvalue weighted by Crippen LogP contribution is 2.01. The molecule has 1 N–H and O–H groups in total. The molecule has 0 aliphatic carbocycles. The summed E-state index contributed by atoms with van der Waals surface area (Å²) < 4.78 is 0. The highest BCUT2D eigenvalue weighted by atomic mass is 16.1. The largest absolute Gasteiger partial charge is 0.342 e. The highest BCUT2D eigenvalue weighted by molar-refractivity contribution is 5.93. The molecule has 0 saturated carbocycles. The quantitative estimate of drug-likeness (QED) is 0.735. The van der Waals surface area contributed by atoms with E-state index in [1.165, 1.54) is 0 Å². The fraction of sp³-hybridized carbons (Fsp3) is 0.100. The molecule has 0 spiro atoms. The van der Waals surface area contributed by atoms with E-state index >= 15 is 0 Å². The molecule has 0 bridgehead atoms. The van der Waals surface area contributed by atoms with Crippen molar-refractivity contribution in [3.63, 3.8) is 0 Å². The van der Waals surface area contributed by atoms with Gasteiger partial charge in [0.1, 0.15) is 0 Å². The first-order chi connectivity index (χ1) is 6.86. The van der Waals surface area contributed by atoms with Crippen LogP contribution >= 0.6 is 0 Å². The van der Waals surface area contributed by atoms with Crippen LogP contribution in [0, 0.1) is 0 Å². The van der Waals surface area contributed by atoms with Gasteiger partial charge >= 0.3 is 0 Å².